The number of amides is 2. The molecule has 0 atom stereocenters. The van der Waals surface area contributed by atoms with Crippen LogP contribution in [-0.4, -0.2) is 44.8 Å². The first-order valence-corrected chi connectivity index (χ1v) is 13.0. The molecule has 4 rings (SSSR count). The molecule has 1 N–H and O–H groups in total. The van der Waals surface area contributed by atoms with Crippen molar-refractivity contribution >= 4 is 37.8 Å². The Morgan fingerprint density at radius 1 is 0.882 bits per heavy atom. The number of benzene rings is 3. The lowest BCUT2D eigenvalue weighted by Crippen LogP contribution is -2.31. The minimum Gasteiger partial charge on any atom is -0.494 e. The maximum Gasteiger partial charge on any atom is 0.261 e. The molecule has 176 valence electrons. The van der Waals surface area contributed by atoms with Gasteiger partial charge in [0, 0.05) is 17.6 Å². The molecule has 2 amide bonds. The summed E-state index contributed by atoms with van der Waals surface area (Å²) in [5, 5.41) is 0. The minimum atomic E-state index is -3.57. The molecule has 0 spiro atoms. The monoisotopic (exact) mass is 542 g/mol. The molecule has 0 saturated heterocycles. The van der Waals surface area contributed by atoms with Crippen molar-refractivity contribution in [1.82, 2.24) is 9.62 Å². The topological polar surface area (TPSA) is 92.8 Å². The van der Waals surface area contributed by atoms with Gasteiger partial charge in [0.05, 0.1) is 22.6 Å². The van der Waals surface area contributed by atoms with Crippen LogP contribution >= 0.6 is 15.9 Å². The maximum absolute atomic E-state index is 12.4. The summed E-state index contributed by atoms with van der Waals surface area (Å²) in [7, 11) is -3.57. The molecule has 3 aromatic rings. The standard InChI is InChI=1S/C25H23BrN2O5S/c26-19-9-11-21(12-10-19)34(31,32)27-14-13-18-5-3-6-20(17-18)33-16-4-15-28-24(29)22-7-1-2-8-23(22)25(28)30/h1-3,5-12,17,27H,4,13-16H2. The van der Waals surface area contributed by atoms with Crippen molar-refractivity contribution in [3.63, 3.8) is 0 Å². The molecule has 0 aromatic heterocycles. The van der Waals surface area contributed by atoms with Gasteiger partial charge in [-0.15, -0.1) is 0 Å². The van der Waals surface area contributed by atoms with Gasteiger partial charge in [-0.3, -0.25) is 14.5 Å². The first-order chi connectivity index (χ1) is 16.3. The van der Waals surface area contributed by atoms with Crippen molar-refractivity contribution in [1.29, 1.82) is 0 Å². The second kappa shape index (κ2) is 10.5. The number of sulfonamides is 1. The normalized spacial score (nSPS) is 13.3. The van der Waals surface area contributed by atoms with Crippen LogP contribution in [0, 0.1) is 0 Å². The van der Waals surface area contributed by atoms with Crippen molar-refractivity contribution in [3.05, 3.63) is 94.0 Å². The predicted octanol–water partition coefficient (Wildman–Crippen LogP) is 4.04. The molecule has 9 heteroatoms. The molecule has 0 bridgehead atoms. The smallest absolute Gasteiger partial charge is 0.261 e. The Bertz CT molecular complexity index is 1270. The van der Waals surface area contributed by atoms with E-state index in [1.165, 1.54) is 4.90 Å². The Kier molecular flexibility index (Phi) is 7.45. The fraction of sp³-hybridized carbons (Fsp3) is 0.200. The molecule has 1 heterocycles. The Hall–Kier alpha value is -3.01. The summed E-state index contributed by atoms with van der Waals surface area (Å²) >= 11 is 3.29. The summed E-state index contributed by atoms with van der Waals surface area (Å²) in [6.45, 7) is 0.874. The molecule has 0 saturated carbocycles. The Morgan fingerprint density at radius 3 is 2.24 bits per heavy atom. The molecule has 3 aromatic carbocycles. The number of nitrogens with one attached hydrogen (secondary N) is 1. The van der Waals surface area contributed by atoms with Crippen LogP contribution in [0.25, 0.3) is 0 Å². The lowest BCUT2D eigenvalue weighted by atomic mass is 10.1. The highest BCUT2D eigenvalue weighted by Crippen LogP contribution is 2.22. The quantitative estimate of drug-likeness (QED) is 0.308. The van der Waals surface area contributed by atoms with Gasteiger partial charge in [0.25, 0.3) is 11.8 Å². The highest BCUT2D eigenvalue weighted by molar-refractivity contribution is 9.10. The molecule has 34 heavy (non-hydrogen) atoms. The number of hydrogen-bond donors (Lipinski definition) is 1. The fourth-order valence-electron chi connectivity index (χ4n) is 3.67. The van der Waals surface area contributed by atoms with E-state index in [1.807, 2.05) is 24.3 Å². The van der Waals surface area contributed by atoms with Gasteiger partial charge >= 0.3 is 0 Å². The molecule has 0 fully saturated rings. The Labute approximate surface area is 206 Å². The molecule has 0 unspecified atom stereocenters. The molecule has 7 nitrogen and oxygen atoms in total. The second-order valence-electron chi connectivity index (χ2n) is 7.76. The average molecular weight is 543 g/mol. The van der Waals surface area contributed by atoms with Crippen molar-refractivity contribution in [2.24, 2.45) is 0 Å². The van der Waals surface area contributed by atoms with Crippen LogP contribution in [0.3, 0.4) is 0 Å². The number of rotatable bonds is 10. The van der Waals surface area contributed by atoms with Crippen LogP contribution in [0.15, 0.2) is 82.2 Å². The third-order valence-corrected chi connectivity index (χ3v) is 7.41. The van der Waals surface area contributed by atoms with Crippen molar-refractivity contribution in [2.45, 2.75) is 17.7 Å². The van der Waals surface area contributed by atoms with E-state index in [1.54, 1.807) is 48.5 Å². The first-order valence-electron chi connectivity index (χ1n) is 10.8. The molecule has 0 radical (unpaired) electrons. The predicted molar refractivity (Wildman–Crippen MR) is 131 cm³/mol. The largest absolute Gasteiger partial charge is 0.494 e. The summed E-state index contributed by atoms with van der Waals surface area (Å²) in [5.41, 5.74) is 1.81. The Balaban J connectivity index is 1.24. The fourth-order valence-corrected chi connectivity index (χ4v) is 4.97. The van der Waals surface area contributed by atoms with Gasteiger partial charge in [-0.25, -0.2) is 13.1 Å². The zero-order valence-electron chi connectivity index (χ0n) is 18.2. The maximum atomic E-state index is 12.4. The summed E-state index contributed by atoms with van der Waals surface area (Å²) in [5.74, 6) is 0.108. The summed E-state index contributed by atoms with van der Waals surface area (Å²) < 4.78 is 34.0. The lowest BCUT2D eigenvalue weighted by molar-refractivity contribution is 0.0646. The number of nitrogens with zero attached hydrogens (tertiary/aromatic N) is 1. The SMILES string of the molecule is O=C1c2ccccc2C(=O)N1CCCOc1cccc(CCNS(=O)(=O)c2ccc(Br)cc2)c1. The highest BCUT2D eigenvalue weighted by Gasteiger charge is 2.34. The van der Waals surface area contributed by atoms with E-state index in [9.17, 15) is 18.0 Å². The van der Waals surface area contributed by atoms with E-state index in [-0.39, 0.29) is 29.8 Å². The minimum absolute atomic E-state index is 0.214. The number of carbonyl (C=O) groups is 2. The van der Waals surface area contributed by atoms with E-state index in [0.717, 1.165) is 10.0 Å². The van der Waals surface area contributed by atoms with Gasteiger partial charge in [0.2, 0.25) is 10.0 Å². The van der Waals surface area contributed by atoms with Gasteiger partial charge in [-0.1, -0.05) is 40.2 Å². The van der Waals surface area contributed by atoms with Gasteiger partial charge < -0.3 is 4.74 Å². The molecule has 0 aliphatic carbocycles. The summed E-state index contributed by atoms with van der Waals surface area (Å²) in [6, 6.07) is 20.7. The van der Waals surface area contributed by atoms with Crippen molar-refractivity contribution in [3.8, 4) is 5.75 Å². The number of hydrogen-bond acceptors (Lipinski definition) is 5. The zero-order chi connectivity index (χ0) is 24.1. The van der Waals surface area contributed by atoms with Gasteiger partial charge in [0.1, 0.15) is 5.75 Å². The zero-order valence-corrected chi connectivity index (χ0v) is 20.6. The number of imide groups is 1. The van der Waals surface area contributed by atoms with Crippen LogP contribution in [0.2, 0.25) is 0 Å². The molecule has 1 aliphatic rings. The number of halogens is 1. The molecular formula is C25H23BrN2O5S. The number of ether oxygens (including phenoxy) is 1. The highest BCUT2D eigenvalue weighted by atomic mass is 79.9. The third kappa shape index (κ3) is 5.55. The number of carbonyl (C=O) groups excluding carboxylic acids is 2. The number of fused-ring (bicyclic) bond motifs is 1. The van der Waals surface area contributed by atoms with Crippen LogP contribution in [0.1, 0.15) is 32.7 Å². The molecular weight excluding hydrogens is 520 g/mol. The van der Waals surface area contributed by atoms with E-state index in [4.69, 9.17) is 4.74 Å². The van der Waals surface area contributed by atoms with E-state index < -0.39 is 10.0 Å². The van der Waals surface area contributed by atoms with Gasteiger partial charge in [-0.2, -0.15) is 0 Å². The average Bonchev–Trinajstić information content (AvgIpc) is 3.07. The van der Waals surface area contributed by atoms with E-state index in [0.29, 0.717) is 36.3 Å². The van der Waals surface area contributed by atoms with Crippen LogP contribution in [0.4, 0.5) is 0 Å². The lowest BCUT2D eigenvalue weighted by Gasteiger charge is -2.14. The van der Waals surface area contributed by atoms with Crippen LogP contribution in [0.5, 0.6) is 5.75 Å². The van der Waals surface area contributed by atoms with E-state index >= 15 is 0 Å². The third-order valence-electron chi connectivity index (χ3n) is 5.40. The van der Waals surface area contributed by atoms with Crippen LogP contribution < -0.4 is 9.46 Å². The van der Waals surface area contributed by atoms with Crippen LogP contribution in [-0.2, 0) is 16.4 Å². The summed E-state index contributed by atoms with van der Waals surface area (Å²) in [4.78, 5) is 26.3. The van der Waals surface area contributed by atoms with Crippen molar-refractivity contribution < 1.29 is 22.7 Å². The van der Waals surface area contributed by atoms with E-state index in [2.05, 4.69) is 20.7 Å². The Morgan fingerprint density at radius 2 is 1.56 bits per heavy atom. The second-order valence-corrected chi connectivity index (χ2v) is 10.4. The van der Waals surface area contributed by atoms with Crippen molar-refractivity contribution in [2.75, 3.05) is 19.7 Å². The van der Waals surface area contributed by atoms with Gasteiger partial charge in [-0.05, 0) is 66.9 Å². The molecule has 1 aliphatic heterocycles. The summed E-state index contributed by atoms with van der Waals surface area (Å²) in [6.07, 6.45) is 1.00. The first kappa shape index (κ1) is 24.1. The van der Waals surface area contributed by atoms with Gasteiger partial charge in [0.15, 0.2) is 0 Å².